The predicted octanol–water partition coefficient (Wildman–Crippen LogP) is 0.884. The van der Waals surface area contributed by atoms with Gasteiger partial charge in [0.2, 0.25) is 0 Å². The van der Waals surface area contributed by atoms with Crippen LogP contribution >= 0.6 is 0 Å². The van der Waals surface area contributed by atoms with Gasteiger partial charge in [-0.25, -0.2) is 12.8 Å². The molecule has 0 aliphatic carbocycles. The largest absolute Gasteiger partial charge is 0.399 e. The lowest BCUT2D eigenvalue weighted by Gasteiger charge is -2.16. The van der Waals surface area contributed by atoms with E-state index >= 15 is 0 Å². The van der Waals surface area contributed by atoms with Crippen molar-refractivity contribution in [2.75, 3.05) is 31.3 Å². The quantitative estimate of drug-likeness (QED) is 0.798. The van der Waals surface area contributed by atoms with E-state index in [1.54, 1.807) is 24.1 Å². The van der Waals surface area contributed by atoms with E-state index in [1.807, 2.05) is 0 Å². The van der Waals surface area contributed by atoms with Crippen LogP contribution in [0.3, 0.4) is 0 Å². The van der Waals surface area contributed by atoms with Crippen molar-refractivity contribution in [1.29, 1.82) is 0 Å². The molecule has 0 spiro atoms. The highest BCUT2D eigenvalue weighted by atomic mass is 32.2. The molecule has 17 heavy (non-hydrogen) atoms. The van der Waals surface area contributed by atoms with Crippen LogP contribution in [-0.4, -0.2) is 38.9 Å². The Labute approximate surface area is 101 Å². The normalized spacial score (nSPS) is 12.0. The van der Waals surface area contributed by atoms with Crippen LogP contribution in [0.15, 0.2) is 18.2 Å². The molecule has 0 atom stereocenters. The smallest absolute Gasteiger partial charge is 0.148 e. The summed E-state index contributed by atoms with van der Waals surface area (Å²) >= 11 is 0. The van der Waals surface area contributed by atoms with E-state index in [4.69, 9.17) is 5.73 Å². The molecule has 0 aliphatic heterocycles. The summed E-state index contributed by atoms with van der Waals surface area (Å²) in [6.45, 7) is 0.740. The minimum absolute atomic E-state index is 0.0695. The zero-order chi connectivity index (χ0) is 13.1. The van der Waals surface area contributed by atoms with Gasteiger partial charge in [0.25, 0.3) is 0 Å². The molecule has 0 heterocycles. The van der Waals surface area contributed by atoms with Gasteiger partial charge >= 0.3 is 0 Å². The highest BCUT2D eigenvalue weighted by Crippen LogP contribution is 2.13. The molecule has 1 rings (SSSR count). The van der Waals surface area contributed by atoms with Gasteiger partial charge in [-0.3, -0.25) is 0 Å². The fourth-order valence-electron chi connectivity index (χ4n) is 1.38. The van der Waals surface area contributed by atoms with Crippen molar-refractivity contribution >= 4 is 15.5 Å². The van der Waals surface area contributed by atoms with Crippen molar-refractivity contribution in [3.8, 4) is 0 Å². The Morgan fingerprint density at radius 3 is 2.59 bits per heavy atom. The van der Waals surface area contributed by atoms with Gasteiger partial charge < -0.3 is 10.6 Å². The van der Waals surface area contributed by atoms with Crippen molar-refractivity contribution in [2.45, 2.75) is 6.54 Å². The number of sulfone groups is 1. The van der Waals surface area contributed by atoms with E-state index < -0.39 is 9.84 Å². The lowest BCUT2D eigenvalue weighted by Crippen LogP contribution is -2.25. The Morgan fingerprint density at radius 1 is 1.41 bits per heavy atom. The standard InChI is InChI=1S/C11H17FN2O2S/c1-14(5-6-17(2,15)16)8-9-3-4-10(13)7-11(9)12/h3-4,7H,5-6,8,13H2,1-2H3. The minimum atomic E-state index is -2.98. The van der Waals surface area contributed by atoms with Crippen LogP contribution < -0.4 is 5.73 Å². The number of nitrogen functional groups attached to an aromatic ring is 1. The monoisotopic (exact) mass is 260 g/mol. The summed E-state index contributed by atoms with van der Waals surface area (Å²) in [6, 6.07) is 4.50. The number of halogens is 1. The Hall–Kier alpha value is -1.14. The Morgan fingerprint density at radius 2 is 2.06 bits per heavy atom. The van der Waals surface area contributed by atoms with E-state index in [1.165, 1.54) is 12.3 Å². The van der Waals surface area contributed by atoms with Gasteiger partial charge in [0.15, 0.2) is 0 Å². The van der Waals surface area contributed by atoms with Crippen LogP contribution in [0, 0.1) is 5.82 Å². The van der Waals surface area contributed by atoms with Gasteiger partial charge in [-0.2, -0.15) is 0 Å². The molecule has 6 heteroatoms. The average Bonchev–Trinajstić information content (AvgIpc) is 2.18. The SMILES string of the molecule is CN(CCS(C)(=O)=O)Cc1ccc(N)cc1F. The third kappa shape index (κ3) is 5.14. The third-order valence-corrected chi connectivity index (χ3v) is 3.29. The van der Waals surface area contributed by atoms with Gasteiger partial charge in [0, 0.05) is 30.6 Å². The molecule has 0 fully saturated rings. The Kier molecular flexibility index (Phi) is 4.47. The third-order valence-electron chi connectivity index (χ3n) is 2.36. The summed E-state index contributed by atoms with van der Waals surface area (Å²) in [6.07, 6.45) is 1.19. The first-order chi connectivity index (χ1) is 7.78. The molecule has 0 saturated heterocycles. The minimum Gasteiger partial charge on any atom is -0.399 e. The molecule has 0 aliphatic rings. The predicted molar refractivity (Wildman–Crippen MR) is 66.9 cm³/mol. The number of nitrogens with zero attached hydrogens (tertiary/aromatic N) is 1. The number of nitrogens with two attached hydrogens (primary N) is 1. The molecule has 1 aromatic carbocycles. The van der Waals surface area contributed by atoms with Gasteiger partial charge in [0.05, 0.1) is 5.75 Å². The van der Waals surface area contributed by atoms with Crippen LogP contribution in [0.4, 0.5) is 10.1 Å². The lowest BCUT2D eigenvalue weighted by atomic mass is 10.2. The number of benzene rings is 1. The van der Waals surface area contributed by atoms with E-state index in [0.29, 0.717) is 24.3 Å². The Bertz CT molecular complexity index is 488. The first kappa shape index (κ1) is 13.9. The summed E-state index contributed by atoms with van der Waals surface area (Å²) in [4.78, 5) is 1.76. The van der Waals surface area contributed by atoms with Gasteiger partial charge in [-0.05, 0) is 19.2 Å². The molecule has 0 amide bonds. The molecule has 0 unspecified atom stereocenters. The summed E-state index contributed by atoms with van der Waals surface area (Å²) in [5.41, 5.74) is 6.33. The molecule has 4 nitrogen and oxygen atoms in total. The highest BCUT2D eigenvalue weighted by molar-refractivity contribution is 7.90. The fraction of sp³-hybridized carbons (Fsp3) is 0.455. The van der Waals surface area contributed by atoms with Crippen LogP contribution in [-0.2, 0) is 16.4 Å². The van der Waals surface area contributed by atoms with Crippen molar-refractivity contribution in [3.63, 3.8) is 0 Å². The van der Waals surface area contributed by atoms with Crippen molar-refractivity contribution in [2.24, 2.45) is 0 Å². The number of hydrogen-bond donors (Lipinski definition) is 1. The first-order valence-corrected chi connectivity index (χ1v) is 7.24. The zero-order valence-corrected chi connectivity index (χ0v) is 10.8. The highest BCUT2D eigenvalue weighted by Gasteiger charge is 2.08. The number of anilines is 1. The molecule has 0 radical (unpaired) electrons. The van der Waals surface area contributed by atoms with Gasteiger partial charge in [0.1, 0.15) is 15.7 Å². The van der Waals surface area contributed by atoms with Crippen molar-refractivity contribution < 1.29 is 12.8 Å². The van der Waals surface area contributed by atoms with Crippen LogP contribution in [0.25, 0.3) is 0 Å². The summed E-state index contributed by atoms with van der Waals surface area (Å²) in [5.74, 6) is -0.295. The number of rotatable bonds is 5. The second-order valence-corrected chi connectivity index (χ2v) is 6.48. The molecule has 2 N–H and O–H groups in total. The summed E-state index contributed by atoms with van der Waals surface area (Å²) in [7, 11) is -1.23. The van der Waals surface area contributed by atoms with Crippen molar-refractivity contribution in [3.05, 3.63) is 29.6 Å². The molecule has 0 bridgehead atoms. The maximum atomic E-state index is 13.5. The molecular formula is C11H17FN2O2S. The summed E-state index contributed by atoms with van der Waals surface area (Å²) < 4.78 is 35.4. The second-order valence-electron chi connectivity index (χ2n) is 4.22. The molecular weight excluding hydrogens is 243 g/mol. The number of hydrogen-bond acceptors (Lipinski definition) is 4. The van der Waals surface area contributed by atoms with Gasteiger partial charge in [-0.1, -0.05) is 6.07 Å². The van der Waals surface area contributed by atoms with Crippen LogP contribution in [0.5, 0.6) is 0 Å². The molecule has 1 aromatic rings. The van der Waals surface area contributed by atoms with Crippen LogP contribution in [0.1, 0.15) is 5.56 Å². The van der Waals surface area contributed by atoms with Gasteiger partial charge in [-0.15, -0.1) is 0 Å². The molecule has 96 valence electrons. The maximum absolute atomic E-state index is 13.5. The first-order valence-electron chi connectivity index (χ1n) is 5.18. The lowest BCUT2D eigenvalue weighted by molar-refractivity contribution is 0.340. The fourth-order valence-corrected chi connectivity index (χ4v) is 2.03. The maximum Gasteiger partial charge on any atom is 0.148 e. The van der Waals surface area contributed by atoms with Crippen LogP contribution in [0.2, 0.25) is 0 Å². The topological polar surface area (TPSA) is 63.4 Å². The molecule has 0 saturated carbocycles. The van der Waals surface area contributed by atoms with E-state index in [-0.39, 0.29) is 11.6 Å². The average molecular weight is 260 g/mol. The molecule has 0 aromatic heterocycles. The zero-order valence-electron chi connectivity index (χ0n) is 9.98. The van der Waals surface area contributed by atoms with Crippen molar-refractivity contribution in [1.82, 2.24) is 4.90 Å². The van der Waals surface area contributed by atoms with E-state index in [2.05, 4.69) is 0 Å². The Balaban J connectivity index is 2.59. The second kappa shape index (κ2) is 5.46. The summed E-state index contributed by atoms with van der Waals surface area (Å²) in [5, 5.41) is 0. The van der Waals surface area contributed by atoms with E-state index in [9.17, 15) is 12.8 Å². The van der Waals surface area contributed by atoms with E-state index in [0.717, 1.165) is 0 Å².